The highest BCUT2D eigenvalue weighted by Gasteiger charge is 2.12. The first kappa shape index (κ1) is 7.42. The molecule has 1 unspecified atom stereocenters. The fourth-order valence-electron chi connectivity index (χ4n) is 1.08. The zero-order valence-electron chi connectivity index (χ0n) is 5.93. The van der Waals surface area contributed by atoms with Crippen LogP contribution in [0.1, 0.15) is 32.6 Å². The first-order valence-corrected chi connectivity index (χ1v) is 4.63. The van der Waals surface area contributed by atoms with E-state index in [0.29, 0.717) is 6.10 Å². The molecule has 0 amide bonds. The van der Waals surface area contributed by atoms with Crippen LogP contribution in [0.2, 0.25) is 0 Å². The van der Waals surface area contributed by atoms with Gasteiger partial charge in [0.2, 0.25) is 0 Å². The third kappa shape index (κ3) is 2.59. The van der Waals surface area contributed by atoms with Gasteiger partial charge >= 0.3 is 0 Å². The largest absolute Gasteiger partial charge is 0.312 e. The van der Waals surface area contributed by atoms with E-state index < -0.39 is 0 Å². The molecule has 0 spiro atoms. The third-order valence-corrected chi connectivity index (χ3v) is 2.43. The van der Waals surface area contributed by atoms with Crippen LogP contribution in [0.15, 0.2) is 0 Å². The predicted octanol–water partition coefficient (Wildman–Crippen LogP) is 2.61. The molecule has 9 heavy (non-hydrogen) atoms. The van der Waals surface area contributed by atoms with Gasteiger partial charge in [0.15, 0.2) is 0 Å². The molecule has 2 heteroatoms. The molecule has 1 atom stereocenters. The van der Waals surface area contributed by atoms with E-state index in [1.807, 2.05) is 0 Å². The van der Waals surface area contributed by atoms with Crippen LogP contribution in [-0.4, -0.2) is 11.9 Å². The Bertz CT molecular complexity index is 66.6. The quantitative estimate of drug-likeness (QED) is 0.554. The molecule has 0 radical (unpaired) electrons. The van der Waals surface area contributed by atoms with Gasteiger partial charge in [0.25, 0.3) is 0 Å². The van der Waals surface area contributed by atoms with Gasteiger partial charge in [-0.15, -0.1) is 0 Å². The van der Waals surface area contributed by atoms with E-state index in [0.717, 1.165) is 0 Å². The molecular weight excluding hydrogens is 132 g/mol. The summed E-state index contributed by atoms with van der Waals surface area (Å²) in [5.41, 5.74) is 0. The van der Waals surface area contributed by atoms with E-state index in [4.69, 9.17) is 4.18 Å². The monoisotopic (exact) mass is 146 g/mol. The third-order valence-electron chi connectivity index (χ3n) is 1.57. The molecular formula is C7H14OS. The van der Waals surface area contributed by atoms with Crippen molar-refractivity contribution in [3.8, 4) is 0 Å². The fraction of sp³-hybridized carbons (Fsp3) is 1.00. The van der Waals surface area contributed by atoms with Crippen LogP contribution in [-0.2, 0) is 4.18 Å². The molecule has 1 aliphatic rings. The van der Waals surface area contributed by atoms with Crippen molar-refractivity contribution in [3.05, 3.63) is 0 Å². The van der Waals surface area contributed by atoms with E-state index in [1.165, 1.54) is 31.4 Å². The summed E-state index contributed by atoms with van der Waals surface area (Å²) in [5.74, 6) is 1.19. The van der Waals surface area contributed by atoms with Gasteiger partial charge in [-0.3, -0.25) is 0 Å². The van der Waals surface area contributed by atoms with E-state index in [9.17, 15) is 0 Å². The summed E-state index contributed by atoms with van der Waals surface area (Å²) in [6.07, 6.45) is 5.68. The number of hydrogen-bond acceptors (Lipinski definition) is 2. The first-order valence-electron chi connectivity index (χ1n) is 3.71. The maximum atomic E-state index is 5.44. The highest BCUT2D eigenvalue weighted by atomic mass is 32.2. The number of hydrogen-bond donors (Lipinski definition) is 0. The maximum Gasteiger partial charge on any atom is 0.0722 e. The smallest absolute Gasteiger partial charge is 0.0722 e. The van der Waals surface area contributed by atoms with E-state index in [2.05, 4.69) is 6.92 Å². The summed E-state index contributed by atoms with van der Waals surface area (Å²) in [6, 6.07) is 0. The topological polar surface area (TPSA) is 9.23 Å². The summed E-state index contributed by atoms with van der Waals surface area (Å²) in [7, 11) is 0. The molecule has 0 aromatic rings. The molecule has 0 aromatic carbocycles. The second-order valence-corrected chi connectivity index (χ2v) is 3.31. The van der Waals surface area contributed by atoms with Crippen LogP contribution in [0.5, 0.6) is 0 Å². The Morgan fingerprint density at radius 1 is 1.67 bits per heavy atom. The first-order chi connectivity index (χ1) is 4.43. The minimum atomic E-state index is 0.564. The molecule has 1 nitrogen and oxygen atoms in total. The normalized spacial score (nSPS) is 28.3. The van der Waals surface area contributed by atoms with Crippen molar-refractivity contribution >= 4 is 12.0 Å². The highest BCUT2D eigenvalue weighted by Crippen LogP contribution is 2.23. The highest BCUT2D eigenvalue weighted by molar-refractivity contribution is 7.94. The lowest BCUT2D eigenvalue weighted by atomic mass is 10.1. The van der Waals surface area contributed by atoms with Gasteiger partial charge in [-0.05, 0) is 31.3 Å². The van der Waals surface area contributed by atoms with Gasteiger partial charge in [0, 0.05) is 5.75 Å². The molecule has 1 rings (SSSR count). The van der Waals surface area contributed by atoms with Crippen molar-refractivity contribution in [1.29, 1.82) is 0 Å². The minimum absolute atomic E-state index is 0.564. The fourth-order valence-corrected chi connectivity index (χ4v) is 1.84. The van der Waals surface area contributed by atoms with E-state index >= 15 is 0 Å². The molecule has 0 aromatic heterocycles. The lowest BCUT2D eigenvalue weighted by molar-refractivity contribution is 0.202. The molecule has 54 valence electrons. The maximum absolute atomic E-state index is 5.44. The van der Waals surface area contributed by atoms with Crippen LogP contribution < -0.4 is 0 Å². The molecule has 0 bridgehead atoms. The SMILES string of the molecule is CCCC1CCCSO1. The summed E-state index contributed by atoms with van der Waals surface area (Å²) >= 11 is 1.64. The van der Waals surface area contributed by atoms with Gasteiger partial charge in [-0.25, -0.2) is 0 Å². The molecule has 0 saturated carbocycles. The Morgan fingerprint density at radius 3 is 3.11 bits per heavy atom. The van der Waals surface area contributed by atoms with Crippen LogP contribution in [0, 0.1) is 0 Å². The Labute approximate surface area is 61.4 Å². The number of rotatable bonds is 2. The van der Waals surface area contributed by atoms with Gasteiger partial charge in [-0.1, -0.05) is 13.3 Å². The van der Waals surface area contributed by atoms with Crippen molar-refractivity contribution in [2.45, 2.75) is 38.7 Å². The van der Waals surface area contributed by atoms with Crippen LogP contribution >= 0.6 is 12.0 Å². The Hall–Kier alpha value is 0.310. The zero-order valence-corrected chi connectivity index (χ0v) is 6.75. The summed E-state index contributed by atoms with van der Waals surface area (Å²) in [4.78, 5) is 0. The lowest BCUT2D eigenvalue weighted by Gasteiger charge is -2.19. The van der Waals surface area contributed by atoms with Gasteiger partial charge < -0.3 is 4.18 Å². The molecule has 1 aliphatic heterocycles. The Kier molecular flexibility index (Phi) is 3.44. The van der Waals surface area contributed by atoms with Crippen molar-refractivity contribution < 1.29 is 4.18 Å². The molecule has 1 saturated heterocycles. The van der Waals surface area contributed by atoms with Crippen LogP contribution in [0.25, 0.3) is 0 Å². The second-order valence-electron chi connectivity index (χ2n) is 2.47. The van der Waals surface area contributed by atoms with Gasteiger partial charge in [0.1, 0.15) is 0 Å². The lowest BCUT2D eigenvalue weighted by Crippen LogP contribution is -2.13. The van der Waals surface area contributed by atoms with Gasteiger partial charge in [0.05, 0.1) is 6.10 Å². The molecule has 1 heterocycles. The van der Waals surface area contributed by atoms with E-state index in [-0.39, 0.29) is 0 Å². The summed E-state index contributed by atoms with van der Waals surface area (Å²) in [5, 5.41) is 0. The van der Waals surface area contributed by atoms with Crippen molar-refractivity contribution in [2.75, 3.05) is 5.75 Å². The van der Waals surface area contributed by atoms with E-state index in [1.54, 1.807) is 12.0 Å². The Morgan fingerprint density at radius 2 is 2.56 bits per heavy atom. The molecule has 1 fully saturated rings. The van der Waals surface area contributed by atoms with Crippen molar-refractivity contribution in [2.24, 2.45) is 0 Å². The average Bonchev–Trinajstić information content (AvgIpc) is 1.91. The summed E-state index contributed by atoms with van der Waals surface area (Å²) < 4.78 is 5.44. The Balaban J connectivity index is 2.08. The predicted molar refractivity (Wildman–Crippen MR) is 41.5 cm³/mol. The zero-order chi connectivity index (χ0) is 6.53. The standard InChI is InChI=1S/C7H14OS/c1-2-4-7-5-3-6-9-8-7/h7H,2-6H2,1H3. The van der Waals surface area contributed by atoms with Crippen molar-refractivity contribution in [3.63, 3.8) is 0 Å². The average molecular weight is 146 g/mol. The van der Waals surface area contributed by atoms with Crippen molar-refractivity contribution in [1.82, 2.24) is 0 Å². The second kappa shape index (κ2) is 4.18. The van der Waals surface area contributed by atoms with Gasteiger partial charge in [-0.2, -0.15) is 0 Å². The minimum Gasteiger partial charge on any atom is -0.312 e. The summed E-state index contributed by atoms with van der Waals surface area (Å²) in [6.45, 7) is 2.21. The van der Waals surface area contributed by atoms with Crippen LogP contribution in [0.3, 0.4) is 0 Å². The molecule has 0 N–H and O–H groups in total. The molecule has 0 aliphatic carbocycles. The van der Waals surface area contributed by atoms with Crippen LogP contribution in [0.4, 0.5) is 0 Å².